The van der Waals surface area contributed by atoms with Crippen LogP contribution in [0.25, 0.3) is 0 Å². The van der Waals surface area contributed by atoms with E-state index in [0.29, 0.717) is 78.0 Å². The number of amides is 1. The summed E-state index contributed by atoms with van der Waals surface area (Å²) in [5, 5.41) is 2.41. The molecule has 2 saturated heterocycles. The minimum absolute atomic E-state index is 0.0615. The van der Waals surface area contributed by atoms with Gasteiger partial charge in [-0.15, -0.1) is 0 Å². The Balaban J connectivity index is 0.000000184. The zero-order chi connectivity index (χ0) is 55.4. The summed E-state index contributed by atoms with van der Waals surface area (Å²) in [6.07, 6.45) is 4.75. The van der Waals surface area contributed by atoms with E-state index >= 15 is 0 Å². The van der Waals surface area contributed by atoms with Crippen LogP contribution in [0.4, 0.5) is 17.3 Å². The molecule has 7 aromatic rings. The fourth-order valence-electron chi connectivity index (χ4n) is 9.62. The predicted molar refractivity (Wildman–Crippen MR) is 323 cm³/mol. The number of hydrogen-bond donors (Lipinski definition) is 0. The number of carbonyl (C=O) groups excluding carboxylic acids is 2. The van der Waals surface area contributed by atoms with Crippen molar-refractivity contribution in [2.75, 3.05) is 74.4 Å². The molecule has 4 aliphatic heterocycles. The molecule has 0 saturated carbocycles. The topological polar surface area (TPSA) is 122 Å². The van der Waals surface area contributed by atoms with Gasteiger partial charge in [-0.2, -0.15) is 0 Å². The quantitative estimate of drug-likeness (QED) is 0.117. The van der Waals surface area contributed by atoms with E-state index in [1.807, 2.05) is 140 Å². The van der Waals surface area contributed by atoms with Crippen molar-refractivity contribution in [1.29, 1.82) is 0 Å². The second-order valence-electron chi connectivity index (χ2n) is 18.7. The Bertz CT molecular complexity index is 3310. The maximum atomic E-state index is 14.4. The zero-order valence-corrected chi connectivity index (χ0v) is 49.3. The summed E-state index contributed by atoms with van der Waals surface area (Å²) in [5.41, 5.74) is 9.08. The molecule has 1 amide bonds. The van der Waals surface area contributed by atoms with E-state index in [1.165, 1.54) is 0 Å². The molecule has 79 heavy (non-hydrogen) atoms. The summed E-state index contributed by atoms with van der Waals surface area (Å²) < 4.78 is 16.3. The lowest BCUT2D eigenvalue weighted by Gasteiger charge is -2.27. The molecule has 5 aromatic carbocycles. The molecule has 6 heterocycles. The monoisotopic (exact) mass is 1210 g/mol. The van der Waals surface area contributed by atoms with Gasteiger partial charge in [-0.25, -0.2) is 40.1 Å². The number of Topliss-reactive ketones (excluding diaryl/α,β-unsaturated/α-hetero) is 1. The van der Waals surface area contributed by atoms with Gasteiger partial charge in [0, 0.05) is 100 Å². The van der Waals surface area contributed by atoms with Crippen LogP contribution >= 0.6 is 76.6 Å². The first-order chi connectivity index (χ1) is 38.3. The van der Waals surface area contributed by atoms with Gasteiger partial charge in [-0.05, 0) is 101 Å². The number of ketones is 1. The largest absolute Gasteiger partial charge is 0.643 e. The summed E-state index contributed by atoms with van der Waals surface area (Å²) in [5.74, 6) is 2.48. The molecular weight excluding hydrogens is 1160 g/mol. The Labute approximate surface area is 496 Å². The minimum Gasteiger partial charge on any atom is -0.497 e. The van der Waals surface area contributed by atoms with Crippen molar-refractivity contribution in [2.45, 2.75) is 37.9 Å². The molecule has 11 rings (SSSR count). The summed E-state index contributed by atoms with van der Waals surface area (Å²) in [7, 11) is 16.5. The van der Waals surface area contributed by atoms with Gasteiger partial charge in [0.1, 0.15) is 29.5 Å². The summed E-state index contributed by atoms with van der Waals surface area (Å²) >= 11 is 24.1. The fraction of sp³-hybridized carbons (Fsp3) is 0.254. The Morgan fingerprint density at radius 1 is 0.595 bits per heavy atom. The smallest absolute Gasteiger partial charge is 0.497 e. The van der Waals surface area contributed by atoms with Gasteiger partial charge in [0.05, 0.1) is 57.2 Å². The lowest BCUT2D eigenvalue weighted by atomic mass is 9.95. The molecule has 12 nitrogen and oxygen atoms in total. The SMILES string of the molecule is COc1ccc(CN2C(=O)C(Cc3ccccc3Cl)N=C(c3ccc(N4CCOCC4)nc3)c3cc(Cl)ccc32)cc1.O=C1Cc2ccc(Cl)cc2C(c2ccc(N3CCOCC3)nc2)=NC1Cc1ccccc1Cl.[Cl][Al]([Cl])[Cl]. The number of anilines is 3. The van der Waals surface area contributed by atoms with Gasteiger partial charge in [0.25, 0.3) is 5.91 Å². The Morgan fingerprint density at radius 3 is 1.61 bits per heavy atom. The number of pyridine rings is 2. The van der Waals surface area contributed by atoms with Crippen molar-refractivity contribution in [3.63, 3.8) is 0 Å². The first kappa shape index (κ1) is 58.4. The van der Waals surface area contributed by atoms with Crippen LogP contribution in [0.15, 0.2) is 156 Å². The van der Waals surface area contributed by atoms with E-state index in [4.69, 9.17) is 111 Å². The Morgan fingerprint density at radius 2 is 1.09 bits per heavy atom. The van der Waals surface area contributed by atoms with E-state index in [2.05, 4.69) is 9.80 Å². The number of nitrogens with zero attached hydrogens (tertiary/aromatic N) is 7. The minimum atomic E-state index is -1.72. The molecule has 2 fully saturated rings. The number of morpholine rings is 2. The second-order valence-corrected chi connectivity index (χ2v) is 26.8. The van der Waals surface area contributed by atoms with Crippen molar-refractivity contribution < 1.29 is 23.8 Å². The number of ether oxygens (including phenoxy) is 3. The highest BCUT2D eigenvalue weighted by Gasteiger charge is 2.34. The van der Waals surface area contributed by atoms with Crippen LogP contribution in [-0.4, -0.2) is 116 Å². The van der Waals surface area contributed by atoms with Crippen LogP contribution in [0, 0.1) is 0 Å². The van der Waals surface area contributed by atoms with E-state index < -0.39 is 23.5 Å². The van der Waals surface area contributed by atoms with Crippen molar-refractivity contribution in [3.8, 4) is 5.75 Å². The third-order valence-electron chi connectivity index (χ3n) is 13.6. The normalized spacial score (nSPS) is 17.1. The lowest BCUT2D eigenvalue weighted by Crippen LogP contribution is -2.38. The highest BCUT2D eigenvalue weighted by molar-refractivity contribution is 7.54. The molecule has 4 aliphatic rings. The first-order valence-corrected chi connectivity index (χ1v) is 32.3. The number of hydrogen-bond acceptors (Lipinski definition) is 11. The van der Waals surface area contributed by atoms with Gasteiger partial charge in [-0.1, -0.05) is 101 Å². The number of benzodiazepines with no additional fused rings is 1. The molecular formula is C59H53AlCl7N7O5. The molecule has 20 heteroatoms. The molecule has 2 atom stereocenters. The van der Waals surface area contributed by atoms with E-state index in [-0.39, 0.29) is 11.7 Å². The number of halogens is 7. The average Bonchev–Trinajstić information content (AvgIpc) is 3.86. The van der Waals surface area contributed by atoms with Gasteiger partial charge in [-0.3, -0.25) is 19.6 Å². The molecule has 2 aromatic heterocycles. The van der Waals surface area contributed by atoms with E-state index in [1.54, 1.807) is 18.1 Å². The number of aliphatic imine (C=N–C) groups is 2. The van der Waals surface area contributed by atoms with Crippen molar-refractivity contribution in [2.24, 2.45) is 9.98 Å². The van der Waals surface area contributed by atoms with Crippen LogP contribution in [0.3, 0.4) is 0 Å². The third-order valence-corrected chi connectivity index (χ3v) is 14.9. The number of methoxy groups -OCH3 is 1. The summed E-state index contributed by atoms with van der Waals surface area (Å²) in [6, 6.07) is 40.8. The fourth-order valence-corrected chi connectivity index (χ4v) is 10.4. The summed E-state index contributed by atoms with van der Waals surface area (Å²) in [6.45, 7) is 6.34. The highest BCUT2D eigenvalue weighted by Crippen LogP contribution is 2.35. The summed E-state index contributed by atoms with van der Waals surface area (Å²) in [4.78, 5) is 53.3. The standard InChI is InChI=1S/C33H30Cl2N4O3.C26H23Cl2N3O2.Al.3ClH/c1-41-26-10-6-22(7-11-26)21-39-30-12-9-25(34)19-27(30)32(24-8-13-31(36-20-24)38-14-16-42-17-15-38)37-29(33(39)40)18-23-4-2-3-5-28(23)35;27-20-7-5-17-14-24(32)23(13-18-3-1-2-4-22(18)28)30-26(21(17)15-20)19-6-8-25(29-16-19)31-9-11-33-12-10-31;;;;/h2-13,19-20,29H,14-18,21H2,1H3;1-8,15-16,23H,9-14H2;;3*1H/q;;+3;;;/p-3. The second kappa shape index (κ2) is 28.0. The maximum Gasteiger partial charge on any atom is 0.643 e. The van der Waals surface area contributed by atoms with Crippen LogP contribution in [0.1, 0.15) is 44.5 Å². The Hall–Kier alpha value is -5.24. The van der Waals surface area contributed by atoms with E-state index in [9.17, 15) is 9.59 Å². The molecule has 0 bridgehead atoms. The van der Waals surface area contributed by atoms with Crippen LogP contribution in [-0.2, 0) is 44.9 Å². The van der Waals surface area contributed by atoms with Crippen molar-refractivity contribution in [3.05, 3.63) is 210 Å². The third kappa shape index (κ3) is 15.2. The highest BCUT2D eigenvalue weighted by atomic mass is 35.8. The van der Waals surface area contributed by atoms with Crippen LogP contribution in [0.5, 0.6) is 5.75 Å². The van der Waals surface area contributed by atoms with Crippen LogP contribution < -0.4 is 19.4 Å². The van der Waals surface area contributed by atoms with Gasteiger partial charge >= 0.3 is 11.4 Å². The molecule has 2 unspecified atom stereocenters. The maximum absolute atomic E-state index is 14.4. The van der Waals surface area contributed by atoms with Gasteiger partial charge in [0.15, 0.2) is 5.78 Å². The average molecular weight is 1220 g/mol. The number of aromatic nitrogens is 2. The first-order valence-electron chi connectivity index (χ1n) is 25.5. The molecule has 0 aliphatic carbocycles. The number of benzene rings is 5. The number of rotatable bonds is 11. The Kier molecular flexibility index (Phi) is 20.7. The molecule has 0 radical (unpaired) electrons. The molecule has 0 N–H and O–H groups in total. The lowest BCUT2D eigenvalue weighted by molar-refractivity contribution is -0.120. The van der Waals surface area contributed by atoms with E-state index in [0.717, 1.165) is 99.5 Å². The molecule has 406 valence electrons. The zero-order valence-electron chi connectivity index (χ0n) is 42.9. The predicted octanol–water partition coefficient (Wildman–Crippen LogP) is 12.7. The van der Waals surface area contributed by atoms with Gasteiger partial charge in [0.2, 0.25) is 0 Å². The van der Waals surface area contributed by atoms with Crippen molar-refractivity contribution in [1.82, 2.24) is 9.97 Å². The van der Waals surface area contributed by atoms with Gasteiger partial charge < -0.3 is 28.9 Å². The van der Waals surface area contributed by atoms with Crippen LogP contribution in [0.2, 0.25) is 20.1 Å². The number of fused-ring (bicyclic) bond motifs is 2. The molecule has 0 spiro atoms. The van der Waals surface area contributed by atoms with Crippen molar-refractivity contribution >= 4 is 128 Å². The number of carbonyl (C=O) groups is 2.